The number of nitrogens with zero attached hydrogens (tertiary/aromatic N) is 2. The molecule has 5 heterocycles. The molecular weight excluding hydrogens is 941 g/mol. The monoisotopic (exact) mass is 992 g/mol. The Morgan fingerprint density at radius 1 is 0.356 bits per heavy atom. The predicted molar refractivity (Wildman–Crippen MR) is 275 cm³/mol. The minimum absolute atomic E-state index is 0.0424. The van der Waals surface area contributed by atoms with Gasteiger partial charge in [0, 0.05) is 33.2 Å². The fourth-order valence-electron chi connectivity index (χ4n) is 9.18. The van der Waals surface area contributed by atoms with Crippen LogP contribution in [0.5, 0.6) is 74.9 Å². The molecule has 0 atom stereocenters. The number of rotatable bonds is 16. The number of fused-ring (bicyclic) bond motifs is 8. The topological polar surface area (TPSA) is 194 Å². The molecule has 0 saturated heterocycles. The summed E-state index contributed by atoms with van der Waals surface area (Å²) in [5, 5.41) is 0. The molecule has 0 saturated carbocycles. The lowest BCUT2D eigenvalue weighted by Gasteiger charge is -2.15. The minimum atomic E-state index is -0.753. The SMILES string of the molecule is COc1cc(-c2c3nc(c(-c4cc(OC)c(OC)c(OC)c4)c4ccc([nH]4)c(-c4cc(OC)c(OC)c(OC)c4)c4nc(c(-c5cc(OC)c(OC)c(OC)c5)c5ccc2[nH]5)OC4=O)C=C3)cc(OC)c1OC. The lowest BCUT2D eigenvalue weighted by molar-refractivity contribution is 0.0755. The molecule has 2 aliphatic heterocycles. The Morgan fingerprint density at radius 3 is 0.932 bits per heavy atom. The molecule has 2 aliphatic rings. The third kappa shape index (κ3) is 8.45. The summed E-state index contributed by atoms with van der Waals surface area (Å²) in [6.07, 6.45) is 3.85. The maximum absolute atomic E-state index is 14.8. The van der Waals surface area contributed by atoms with Gasteiger partial charge in [-0.1, -0.05) is 0 Å². The van der Waals surface area contributed by atoms with Crippen LogP contribution in [0.15, 0.2) is 72.8 Å². The van der Waals surface area contributed by atoms with Crippen LogP contribution < -0.4 is 61.6 Å². The third-order valence-corrected chi connectivity index (χ3v) is 12.5. The summed E-state index contributed by atoms with van der Waals surface area (Å²) in [6.45, 7) is 0. The Labute approximate surface area is 419 Å². The van der Waals surface area contributed by atoms with Gasteiger partial charge in [-0.2, -0.15) is 0 Å². The van der Waals surface area contributed by atoms with Crippen LogP contribution in [0.4, 0.5) is 0 Å². The van der Waals surface area contributed by atoms with Gasteiger partial charge < -0.3 is 71.5 Å². The van der Waals surface area contributed by atoms with E-state index in [1.165, 1.54) is 42.7 Å². The number of carbonyl (C=O) groups excluding carboxylic acids is 1. The summed E-state index contributed by atoms with van der Waals surface area (Å²) < 4.78 is 76.0. The largest absolute Gasteiger partial charge is 0.493 e. The zero-order valence-corrected chi connectivity index (χ0v) is 42.2. The first-order chi connectivity index (χ1) is 35.5. The zero-order chi connectivity index (χ0) is 51.7. The van der Waals surface area contributed by atoms with Gasteiger partial charge in [0.1, 0.15) is 0 Å². The summed E-state index contributed by atoms with van der Waals surface area (Å²) in [5.41, 5.74) is 7.46. The van der Waals surface area contributed by atoms with Crippen molar-refractivity contribution >= 4 is 40.2 Å². The maximum atomic E-state index is 14.8. The van der Waals surface area contributed by atoms with Crippen molar-refractivity contribution in [2.24, 2.45) is 0 Å². The first kappa shape index (κ1) is 48.8. The Balaban J connectivity index is 1.53. The van der Waals surface area contributed by atoms with Crippen LogP contribution in [0.1, 0.15) is 21.9 Å². The van der Waals surface area contributed by atoms with Gasteiger partial charge in [-0.15, -0.1) is 0 Å². The molecular formula is C55H52N4O14. The van der Waals surface area contributed by atoms with Crippen LogP contribution in [0, 0.1) is 0 Å². The van der Waals surface area contributed by atoms with E-state index in [1.807, 2.05) is 60.7 Å². The van der Waals surface area contributed by atoms with Crippen LogP contribution in [-0.2, 0) is 0 Å². The molecule has 0 radical (unpaired) electrons. The number of ether oxygens (including phenoxy) is 13. The molecule has 0 spiro atoms. The van der Waals surface area contributed by atoms with Crippen molar-refractivity contribution in [2.75, 3.05) is 85.3 Å². The van der Waals surface area contributed by atoms with E-state index in [0.717, 1.165) is 0 Å². The smallest absolute Gasteiger partial charge is 0.364 e. The second-order valence-electron chi connectivity index (χ2n) is 16.1. The van der Waals surface area contributed by atoms with Gasteiger partial charge >= 0.3 is 5.97 Å². The standard InChI is InChI=1S/C55H52N4O14/c1-61-37-19-27(20-38(62-2)50(37)69-9)45-31-13-14-32(56-31)46(28-21-39(63-3)51(70-10)40(22-28)64-4)34-16-18-36(58-34)48(30-25-43(67-7)53(72-12)44(26-30)68-8)54-59-49(55(60)73-54)47(35-17-15-33(45)57-35)29-23-41(65-5)52(71-11)42(24-29)66-6/h13-26,57-58H,1-12H3. The third-order valence-electron chi connectivity index (χ3n) is 12.5. The predicted octanol–water partition coefficient (Wildman–Crippen LogP) is 10.5. The Bertz CT molecular complexity index is 3420. The average Bonchev–Trinajstić information content (AvgIpc) is 4.27. The van der Waals surface area contributed by atoms with E-state index in [9.17, 15) is 4.79 Å². The Kier molecular flexibility index (Phi) is 13.6. The maximum Gasteiger partial charge on any atom is 0.364 e. The van der Waals surface area contributed by atoms with E-state index < -0.39 is 5.97 Å². The number of benzene rings is 4. The van der Waals surface area contributed by atoms with Gasteiger partial charge in [0.15, 0.2) is 51.7 Å². The number of aromatic nitrogens is 4. The molecule has 18 nitrogen and oxygen atoms in total. The first-order valence-electron chi connectivity index (χ1n) is 22.5. The molecule has 376 valence electrons. The fourth-order valence-corrected chi connectivity index (χ4v) is 9.18. The molecule has 73 heavy (non-hydrogen) atoms. The van der Waals surface area contributed by atoms with E-state index in [0.29, 0.717) is 147 Å². The fraction of sp³-hybridized carbons (Fsp3) is 0.218. The highest BCUT2D eigenvalue weighted by Gasteiger charge is 2.31. The summed E-state index contributed by atoms with van der Waals surface area (Å²) in [6, 6.07) is 21.8. The Morgan fingerprint density at radius 2 is 0.630 bits per heavy atom. The molecule has 8 bridgehead atoms. The van der Waals surface area contributed by atoms with Gasteiger partial charge in [-0.05, 0) is 107 Å². The summed E-state index contributed by atoms with van der Waals surface area (Å²) in [4.78, 5) is 32.6. The molecule has 9 rings (SSSR count). The molecule has 4 aromatic carbocycles. The quantitative estimate of drug-likeness (QED) is 0.0867. The summed E-state index contributed by atoms with van der Waals surface area (Å²) in [7, 11) is 18.4. The van der Waals surface area contributed by atoms with Crippen LogP contribution in [0.2, 0.25) is 0 Å². The second kappa shape index (κ2) is 20.3. The molecule has 3 aromatic heterocycles. The first-order valence-corrected chi connectivity index (χ1v) is 22.5. The van der Waals surface area contributed by atoms with Gasteiger partial charge in [0.25, 0.3) is 0 Å². The number of methoxy groups -OCH3 is 12. The van der Waals surface area contributed by atoms with Crippen molar-refractivity contribution in [2.45, 2.75) is 0 Å². The number of H-pyrrole nitrogens is 2. The van der Waals surface area contributed by atoms with E-state index >= 15 is 0 Å². The lowest BCUT2D eigenvalue weighted by Crippen LogP contribution is -2.04. The van der Waals surface area contributed by atoms with Crippen LogP contribution >= 0.6 is 0 Å². The van der Waals surface area contributed by atoms with Gasteiger partial charge in [-0.25, -0.2) is 14.8 Å². The van der Waals surface area contributed by atoms with Crippen molar-refractivity contribution in [1.29, 1.82) is 0 Å². The molecule has 0 aliphatic carbocycles. The van der Waals surface area contributed by atoms with Crippen LogP contribution in [-0.4, -0.2) is 111 Å². The van der Waals surface area contributed by atoms with E-state index in [1.54, 1.807) is 66.9 Å². The highest BCUT2D eigenvalue weighted by Crippen LogP contribution is 2.49. The van der Waals surface area contributed by atoms with E-state index in [-0.39, 0.29) is 11.6 Å². The van der Waals surface area contributed by atoms with Crippen LogP contribution in [0.25, 0.3) is 78.7 Å². The normalized spacial score (nSPS) is 11.6. The highest BCUT2D eigenvalue weighted by molar-refractivity contribution is 6.05. The van der Waals surface area contributed by atoms with E-state index in [2.05, 4.69) is 9.97 Å². The zero-order valence-electron chi connectivity index (χ0n) is 42.2. The Hall–Kier alpha value is -9.19. The van der Waals surface area contributed by atoms with Crippen molar-refractivity contribution in [3.8, 4) is 119 Å². The molecule has 0 amide bonds. The number of aromatic amines is 2. The van der Waals surface area contributed by atoms with Gasteiger partial charge in [0.05, 0.1) is 108 Å². The van der Waals surface area contributed by atoms with E-state index in [4.69, 9.17) is 71.5 Å². The van der Waals surface area contributed by atoms with Crippen molar-refractivity contribution in [1.82, 2.24) is 19.9 Å². The van der Waals surface area contributed by atoms with Crippen LogP contribution in [0.3, 0.4) is 0 Å². The molecule has 0 fully saturated rings. The molecule has 2 N–H and O–H groups in total. The lowest BCUT2D eigenvalue weighted by atomic mass is 10.0. The van der Waals surface area contributed by atoms with Crippen molar-refractivity contribution in [3.05, 3.63) is 89.9 Å². The molecule has 7 aromatic rings. The average molecular weight is 993 g/mol. The summed E-state index contributed by atoms with van der Waals surface area (Å²) in [5.74, 6) is 3.71. The number of nitrogens with one attached hydrogen (secondary N) is 2. The summed E-state index contributed by atoms with van der Waals surface area (Å²) >= 11 is 0. The second-order valence-corrected chi connectivity index (χ2v) is 16.1. The van der Waals surface area contributed by atoms with Gasteiger partial charge in [0.2, 0.25) is 28.9 Å². The number of hydrogen-bond donors (Lipinski definition) is 2. The number of carbonyl (C=O) groups is 1. The number of esters is 1. The number of hydrogen-bond acceptors (Lipinski definition) is 16. The van der Waals surface area contributed by atoms with Gasteiger partial charge in [-0.3, -0.25) is 0 Å². The van der Waals surface area contributed by atoms with Crippen molar-refractivity contribution in [3.63, 3.8) is 0 Å². The highest BCUT2D eigenvalue weighted by atomic mass is 16.6. The molecule has 18 heteroatoms. The molecule has 0 unspecified atom stereocenters. The van der Waals surface area contributed by atoms with Crippen molar-refractivity contribution < 1.29 is 66.4 Å². The minimum Gasteiger partial charge on any atom is -0.493 e.